The molecule has 0 aliphatic rings. The third-order valence-electron chi connectivity index (χ3n) is 2.69. The van der Waals surface area contributed by atoms with Crippen molar-refractivity contribution in [1.82, 2.24) is 15.0 Å². The van der Waals surface area contributed by atoms with E-state index in [0.717, 1.165) is 5.56 Å². The zero-order valence-electron chi connectivity index (χ0n) is 11.2. The normalized spacial score (nSPS) is 11.9. The highest BCUT2D eigenvalue weighted by molar-refractivity contribution is 5.34. The van der Waals surface area contributed by atoms with Crippen molar-refractivity contribution < 1.29 is 9.84 Å². The molecule has 7 nitrogen and oxygen atoms in total. The van der Waals surface area contributed by atoms with E-state index in [-0.39, 0.29) is 30.6 Å². The van der Waals surface area contributed by atoms with E-state index < -0.39 is 0 Å². The van der Waals surface area contributed by atoms with Crippen molar-refractivity contribution in [3.05, 3.63) is 35.9 Å². The van der Waals surface area contributed by atoms with Crippen LogP contribution in [0.2, 0.25) is 0 Å². The number of rotatable bonds is 6. The molecule has 1 unspecified atom stereocenters. The van der Waals surface area contributed by atoms with Crippen LogP contribution in [0.15, 0.2) is 30.3 Å². The van der Waals surface area contributed by atoms with Crippen LogP contribution in [0.3, 0.4) is 0 Å². The van der Waals surface area contributed by atoms with Crippen molar-refractivity contribution in [2.45, 2.75) is 12.5 Å². The SMILES string of the molecule is COc1nc(N)nc(NC(CO)Cc2ccccc2)n1. The Morgan fingerprint density at radius 2 is 2.00 bits per heavy atom. The van der Waals surface area contributed by atoms with Crippen LogP contribution < -0.4 is 15.8 Å². The summed E-state index contributed by atoms with van der Waals surface area (Å²) in [6.07, 6.45) is 0.644. The number of hydrogen-bond donors (Lipinski definition) is 3. The van der Waals surface area contributed by atoms with Crippen LogP contribution in [-0.2, 0) is 6.42 Å². The van der Waals surface area contributed by atoms with Gasteiger partial charge in [0.05, 0.1) is 19.8 Å². The molecule has 0 saturated carbocycles. The molecule has 1 aromatic carbocycles. The fourth-order valence-corrected chi connectivity index (χ4v) is 1.77. The number of benzene rings is 1. The van der Waals surface area contributed by atoms with Gasteiger partial charge >= 0.3 is 6.01 Å². The highest BCUT2D eigenvalue weighted by atomic mass is 16.5. The van der Waals surface area contributed by atoms with E-state index in [1.165, 1.54) is 7.11 Å². The van der Waals surface area contributed by atoms with Crippen LogP contribution in [0.4, 0.5) is 11.9 Å². The van der Waals surface area contributed by atoms with Crippen LogP contribution in [0.5, 0.6) is 6.01 Å². The summed E-state index contributed by atoms with van der Waals surface area (Å²) in [5.74, 6) is 0.347. The second-order valence-corrected chi connectivity index (χ2v) is 4.22. The van der Waals surface area contributed by atoms with Gasteiger partial charge in [-0.2, -0.15) is 15.0 Å². The molecule has 0 radical (unpaired) electrons. The van der Waals surface area contributed by atoms with E-state index in [2.05, 4.69) is 20.3 Å². The summed E-state index contributed by atoms with van der Waals surface area (Å²) in [6, 6.07) is 9.75. The summed E-state index contributed by atoms with van der Waals surface area (Å²) in [5, 5.41) is 12.5. The topological polar surface area (TPSA) is 106 Å². The molecule has 7 heteroatoms. The summed E-state index contributed by atoms with van der Waals surface area (Å²) in [5.41, 5.74) is 6.66. The molecule has 0 spiro atoms. The summed E-state index contributed by atoms with van der Waals surface area (Å²) in [4.78, 5) is 11.8. The third-order valence-corrected chi connectivity index (χ3v) is 2.69. The van der Waals surface area contributed by atoms with E-state index in [1.54, 1.807) is 0 Å². The van der Waals surface area contributed by atoms with Crippen molar-refractivity contribution in [2.75, 3.05) is 24.8 Å². The number of hydrogen-bond acceptors (Lipinski definition) is 7. The van der Waals surface area contributed by atoms with E-state index in [0.29, 0.717) is 6.42 Å². The maximum Gasteiger partial charge on any atom is 0.322 e. The Morgan fingerprint density at radius 3 is 2.65 bits per heavy atom. The molecule has 1 atom stereocenters. The minimum Gasteiger partial charge on any atom is -0.467 e. The molecular formula is C13H17N5O2. The minimum absolute atomic E-state index is 0.0528. The number of methoxy groups -OCH3 is 1. The van der Waals surface area contributed by atoms with Gasteiger partial charge in [0.15, 0.2) is 0 Å². The second-order valence-electron chi connectivity index (χ2n) is 4.22. The van der Waals surface area contributed by atoms with Crippen LogP contribution >= 0.6 is 0 Å². The number of nitrogens with zero attached hydrogens (tertiary/aromatic N) is 3. The molecule has 0 bridgehead atoms. The summed E-state index contributed by atoms with van der Waals surface area (Å²) < 4.78 is 4.92. The first-order chi connectivity index (χ1) is 9.71. The first kappa shape index (κ1) is 14.0. The standard InChI is InChI=1S/C13H17N5O2/c1-20-13-17-11(14)16-12(18-13)15-10(8-19)7-9-5-3-2-4-6-9/h2-6,10,19H,7-8H2,1H3,(H3,14,15,16,17,18). The monoisotopic (exact) mass is 275 g/mol. The molecule has 0 saturated heterocycles. The van der Waals surface area contributed by atoms with Gasteiger partial charge in [-0.15, -0.1) is 0 Å². The van der Waals surface area contributed by atoms with Gasteiger partial charge in [-0.05, 0) is 12.0 Å². The molecule has 1 aromatic heterocycles. The van der Waals surface area contributed by atoms with Crippen molar-refractivity contribution in [3.8, 4) is 6.01 Å². The molecule has 2 aromatic rings. The third kappa shape index (κ3) is 3.79. The van der Waals surface area contributed by atoms with Gasteiger partial charge in [-0.3, -0.25) is 0 Å². The molecule has 106 valence electrons. The summed E-state index contributed by atoms with van der Waals surface area (Å²) in [7, 11) is 1.45. The van der Waals surface area contributed by atoms with Gasteiger partial charge in [-0.25, -0.2) is 0 Å². The lowest BCUT2D eigenvalue weighted by Crippen LogP contribution is -2.27. The van der Waals surface area contributed by atoms with Crippen LogP contribution in [-0.4, -0.2) is 39.8 Å². The quantitative estimate of drug-likeness (QED) is 0.703. The smallest absolute Gasteiger partial charge is 0.322 e. The molecule has 0 aliphatic carbocycles. The molecule has 0 aliphatic heterocycles. The lowest BCUT2D eigenvalue weighted by atomic mass is 10.1. The maximum absolute atomic E-state index is 9.45. The Hall–Kier alpha value is -2.41. The number of ether oxygens (including phenoxy) is 1. The molecule has 4 N–H and O–H groups in total. The van der Waals surface area contributed by atoms with Gasteiger partial charge in [0.1, 0.15) is 0 Å². The minimum atomic E-state index is -0.219. The molecule has 2 rings (SSSR count). The van der Waals surface area contributed by atoms with E-state index >= 15 is 0 Å². The number of aliphatic hydroxyl groups excluding tert-OH is 1. The second kappa shape index (κ2) is 6.67. The fourth-order valence-electron chi connectivity index (χ4n) is 1.77. The number of aromatic nitrogens is 3. The van der Waals surface area contributed by atoms with Crippen LogP contribution in [0.25, 0.3) is 0 Å². The predicted molar refractivity (Wildman–Crippen MR) is 75.4 cm³/mol. The van der Waals surface area contributed by atoms with Crippen molar-refractivity contribution in [3.63, 3.8) is 0 Å². The van der Waals surface area contributed by atoms with Gasteiger partial charge in [0, 0.05) is 0 Å². The maximum atomic E-state index is 9.45. The van der Waals surface area contributed by atoms with Crippen LogP contribution in [0.1, 0.15) is 5.56 Å². The molecule has 1 heterocycles. The average molecular weight is 275 g/mol. The zero-order chi connectivity index (χ0) is 14.4. The number of anilines is 2. The van der Waals surface area contributed by atoms with E-state index in [1.807, 2.05) is 30.3 Å². The summed E-state index contributed by atoms with van der Waals surface area (Å²) >= 11 is 0. The summed E-state index contributed by atoms with van der Waals surface area (Å²) in [6.45, 7) is -0.0528. The van der Waals surface area contributed by atoms with Crippen LogP contribution in [0, 0.1) is 0 Å². The van der Waals surface area contributed by atoms with Crippen molar-refractivity contribution >= 4 is 11.9 Å². The Kier molecular flexibility index (Phi) is 4.67. The van der Waals surface area contributed by atoms with Crippen molar-refractivity contribution in [2.24, 2.45) is 0 Å². The molecular weight excluding hydrogens is 258 g/mol. The Labute approximate surface area is 116 Å². The van der Waals surface area contributed by atoms with Gasteiger partial charge < -0.3 is 20.9 Å². The fraction of sp³-hybridized carbons (Fsp3) is 0.308. The van der Waals surface area contributed by atoms with E-state index in [9.17, 15) is 5.11 Å². The molecule has 0 amide bonds. The Balaban J connectivity index is 2.08. The number of aliphatic hydroxyl groups is 1. The highest BCUT2D eigenvalue weighted by Gasteiger charge is 2.12. The first-order valence-corrected chi connectivity index (χ1v) is 6.18. The first-order valence-electron chi connectivity index (χ1n) is 6.18. The number of nitrogens with two attached hydrogens (primary N) is 1. The Bertz CT molecular complexity index is 550. The van der Waals surface area contributed by atoms with Gasteiger partial charge in [0.25, 0.3) is 0 Å². The lowest BCUT2D eigenvalue weighted by molar-refractivity contribution is 0.273. The molecule has 0 fully saturated rings. The highest BCUT2D eigenvalue weighted by Crippen LogP contribution is 2.11. The molecule has 20 heavy (non-hydrogen) atoms. The predicted octanol–water partition coefficient (Wildman–Crippen LogP) is 0.478. The van der Waals surface area contributed by atoms with Gasteiger partial charge in [0.2, 0.25) is 11.9 Å². The number of nitrogens with one attached hydrogen (secondary N) is 1. The number of nitrogen functional groups attached to an aromatic ring is 1. The van der Waals surface area contributed by atoms with E-state index in [4.69, 9.17) is 10.5 Å². The average Bonchev–Trinajstić information content (AvgIpc) is 2.47. The lowest BCUT2D eigenvalue weighted by Gasteiger charge is -2.16. The largest absolute Gasteiger partial charge is 0.467 e. The van der Waals surface area contributed by atoms with Crippen molar-refractivity contribution in [1.29, 1.82) is 0 Å². The Morgan fingerprint density at radius 1 is 1.25 bits per heavy atom. The zero-order valence-corrected chi connectivity index (χ0v) is 11.2. The van der Waals surface area contributed by atoms with Gasteiger partial charge in [-0.1, -0.05) is 30.3 Å².